The fraction of sp³-hybridized carbons (Fsp3) is 0.280. The van der Waals surface area contributed by atoms with Crippen molar-refractivity contribution in [1.82, 2.24) is 0 Å². The van der Waals surface area contributed by atoms with Crippen molar-refractivity contribution in [3.05, 3.63) is 95.1 Å². The second-order valence-corrected chi connectivity index (χ2v) is 7.58. The van der Waals surface area contributed by atoms with Crippen LogP contribution < -0.4 is 9.47 Å². The highest BCUT2D eigenvalue weighted by Crippen LogP contribution is 2.36. The summed E-state index contributed by atoms with van der Waals surface area (Å²) in [7, 11) is 0. The van der Waals surface area contributed by atoms with Crippen LogP contribution in [0.25, 0.3) is 0 Å². The van der Waals surface area contributed by atoms with E-state index in [1.807, 2.05) is 6.92 Å². The van der Waals surface area contributed by atoms with Gasteiger partial charge in [0.15, 0.2) is 0 Å². The molecule has 3 aromatic carbocycles. The highest BCUT2D eigenvalue weighted by molar-refractivity contribution is 5.33. The zero-order valence-electron chi connectivity index (χ0n) is 18.0. The van der Waals surface area contributed by atoms with Crippen molar-refractivity contribution in [1.29, 1.82) is 0 Å². The lowest BCUT2D eigenvalue weighted by Gasteiger charge is -2.21. The van der Waals surface area contributed by atoms with E-state index in [1.165, 1.54) is 12.1 Å². The summed E-state index contributed by atoms with van der Waals surface area (Å²) in [6, 6.07) is 12.0. The van der Waals surface area contributed by atoms with Gasteiger partial charge in [-0.2, -0.15) is 30.7 Å². The van der Waals surface area contributed by atoms with Crippen LogP contribution in [-0.4, -0.2) is 0 Å². The monoisotopic (exact) mass is 486 g/mol. The van der Waals surface area contributed by atoms with Gasteiger partial charge in [-0.3, -0.25) is 0 Å². The third-order valence-electron chi connectivity index (χ3n) is 4.97. The number of benzene rings is 3. The van der Waals surface area contributed by atoms with Gasteiger partial charge in [0, 0.05) is 0 Å². The first-order chi connectivity index (χ1) is 15.9. The molecule has 0 aliphatic rings. The molecular weight excluding hydrogens is 465 g/mol. The predicted molar refractivity (Wildman–Crippen MR) is 112 cm³/mol. The first-order valence-corrected chi connectivity index (χ1v) is 10.4. The minimum atomic E-state index is -4.62. The van der Waals surface area contributed by atoms with Gasteiger partial charge < -0.3 is 9.47 Å². The van der Waals surface area contributed by atoms with E-state index in [2.05, 4.69) is 4.74 Å². The lowest BCUT2D eigenvalue weighted by atomic mass is 10.1. The smallest absolute Gasteiger partial charge is 0.426 e. The second kappa shape index (κ2) is 9.95. The van der Waals surface area contributed by atoms with Gasteiger partial charge in [-0.1, -0.05) is 25.5 Å². The van der Waals surface area contributed by atoms with Crippen molar-refractivity contribution in [2.24, 2.45) is 0 Å². The summed E-state index contributed by atoms with van der Waals surface area (Å²) in [5.74, 6) is -0.846. The van der Waals surface area contributed by atoms with E-state index >= 15 is 0 Å². The Kier molecular flexibility index (Phi) is 7.43. The number of aryl methyl sites for hydroxylation is 1. The summed E-state index contributed by atoms with van der Waals surface area (Å²) < 4.78 is 105. The van der Waals surface area contributed by atoms with Gasteiger partial charge in [0.1, 0.15) is 11.5 Å². The molecule has 3 aromatic rings. The number of hydrogen-bond donors (Lipinski definition) is 0. The first-order valence-electron chi connectivity index (χ1n) is 10.4. The average molecular weight is 486 g/mol. The molecule has 0 atom stereocenters. The molecule has 0 bridgehead atoms. The minimum Gasteiger partial charge on any atom is -0.429 e. The van der Waals surface area contributed by atoms with Crippen molar-refractivity contribution in [3.63, 3.8) is 0 Å². The fourth-order valence-electron chi connectivity index (χ4n) is 3.09. The van der Waals surface area contributed by atoms with E-state index < -0.39 is 35.3 Å². The van der Waals surface area contributed by atoms with Gasteiger partial charge >= 0.3 is 18.4 Å². The first kappa shape index (κ1) is 25.4. The van der Waals surface area contributed by atoms with Crippen LogP contribution in [0.15, 0.2) is 72.8 Å². The van der Waals surface area contributed by atoms with Crippen molar-refractivity contribution in [2.75, 3.05) is 0 Å². The number of rotatable bonds is 9. The van der Waals surface area contributed by atoms with Crippen LogP contribution >= 0.6 is 0 Å². The molecule has 3 rings (SSSR count). The van der Waals surface area contributed by atoms with Crippen molar-refractivity contribution in [2.45, 2.75) is 44.6 Å². The van der Waals surface area contributed by atoms with Crippen molar-refractivity contribution < 1.29 is 40.2 Å². The van der Waals surface area contributed by atoms with Crippen LogP contribution in [0.5, 0.6) is 11.5 Å². The molecule has 0 spiro atoms. The normalized spacial score (nSPS) is 12.5. The van der Waals surface area contributed by atoms with Crippen LogP contribution in [0.3, 0.4) is 0 Å². The number of hydrogen-bond acceptors (Lipinski definition) is 2. The molecule has 0 N–H and O–H groups in total. The molecule has 34 heavy (non-hydrogen) atoms. The van der Waals surface area contributed by atoms with Gasteiger partial charge in [0.25, 0.3) is 0 Å². The summed E-state index contributed by atoms with van der Waals surface area (Å²) in [5, 5.41) is 0. The van der Waals surface area contributed by atoms with Crippen LogP contribution in [0, 0.1) is 0 Å². The molecule has 0 fully saturated rings. The molecule has 9 heteroatoms. The second-order valence-electron chi connectivity index (χ2n) is 7.58. The Morgan fingerprint density at radius 3 is 1.32 bits per heavy atom. The minimum absolute atomic E-state index is 0.353. The van der Waals surface area contributed by atoms with E-state index in [0.717, 1.165) is 61.2 Å². The SMILES string of the molecule is CCCCc1ccc(C(F)(F)Oc2ccc(C(F)(F)Oc3ccc(C(F)(F)F)cc3)cc2)cc1. The van der Waals surface area contributed by atoms with Gasteiger partial charge in [-0.05, 0) is 79.1 Å². The topological polar surface area (TPSA) is 18.5 Å². The molecule has 0 unspecified atom stereocenters. The van der Waals surface area contributed by atoms with Gasteiger partial charge in [-0.25, -0.2) is 0 Å². The molecule has 0 aromatic heterocycles. The highest BCUT2D eigenvalue weighted by Gasteiger charge is 2.37. The third-order valence-corrected chi connectivity index (χ3v) is 4.97. The third kappa shape index (κ3) is 6.42. The summed E-state index contributed by atoms with van der Waals surface area (Å²) in [5.41, 5.74) is -1.17. The van der Waals surface area contributed by atoms with E-state index in [0.29, 0.717) is 12.1 Å². The van der Waals surface area contributed by atoms with Gasteiger partial charge in [-0.15, -0.1) is 0 Å². The Morgan fingerprint density at radius 2 is 0.941 bits per heavy atom. The molecule has 0 radical (unpaired) electrons. The van der Waals surface area contributed by atoms with Crippen LogP contribution in [0.1, 0.15) is 42.0 Å². The Balaban J connectivity index is 1.67. The van der Waals surface area contributed by atoms with Crippen LogP contribution in [-0.2, 0) is 24.8 Å². The molecule has 2 nitrogen and oxygen atoms in total. The molecule has 0 saturated heterocycles. The van der Waals surface area contributed by atoms with E-state index in [9.17, 15) is 30.7 Å². The number of unbranched alkanes of at least 4 members (excludes halogenated alkanes) is 1. The summed E-state index contributed by atoms with van der Waals surface area (Å²) >= 11 is 0. The van der Waals surface area contributed by atoms with Crippen LogP contribution in [0.2, 0.25) is 0 Å². The molecule has 0 heterocycles. The molecule has 0 aliphatic carbocycles. The van der Waals surface area contributed by atoms with Crippen molar-refractivity contribution in [3.8, 4) is 11.5 Å². The number of alkyl halides is 7. The summed E-state index contributed by atoms with van der Waals surface area (Å²) in [6.07, 6.45) is -9.54. The standard InChI is InChI=1S/C25H21F7O2/c1-2-3-4-17-5-7-19(8-6-17)24(29,30)34-22-15-11-20(12-16-22)25(31,32)33-21-13-9-18(10-14-21)23(26,27)28/h5-16H,2-4H2,1H3. The highest BCUT2D eigenvalue weighted by atomic mass is 19.4. The quantitative estimate of drug-likeness (QED) is 0.283. The lowest BCUT2D eigenvalue weighted by Crippen LogP contribution is -2.23. The molecule has 0 saturated carbocycles. The zero-order valence-corrected chi connectivity index (χ0v) is 18.0. The van der Waals surface area contributed by atoms with Crippen molar-refractivity contribution >= 4 is 0 Å². The predicted octanol–water partition coefficient (Wildman–Crippen LogP) is 8.30. The maximum atomic E-state index is 14.5. The summed E-state index contributed by atoms with van der Waals surface area (Å²) in [4.78, 5) is 0. The van der Waals surface area contributed by atoms with E-state index in [-0.39, 0.29) is 11.3 Å². The molecule has 0 amide bonds. The Hall–Kier alpha value is -3.23. The lowest BCUT2D eigenvalue weighted by molar-refractivity contribution is -0.187. The van der Waals surface area contributed by atoms with Crippen LogP contribution in [0.4, 0.5) is 30.7 Å². The van der Waals surface area contributed by atoms with E-state index in [4.69, 9.17) is 4.74 Å². The average Bonchev–Trinajstić information content (AvgIpc) is 2.77. The van der Waals surface area contributed by atoms with E-state index in [1.54, 1.807) is 12.1 Å². The molecular formula is C25H21F7O2. The number of halogens is 7. The number of ether oxygens (including phenoxy) is 2. The Labute approximate surface area is 191 Å². The maximum absolute atomic E-state index is 14.5. The molecule has 0 aliphatic heterocycles. The van der Waals surface area contributed by atoms with Gasteiger partial charge in [0.2, 0.25) is 0 Å². The Morgan fingerprint density at radius 1 is 0.559 bits per heavy atom. The maximum Gasteiger partial charge on any atom is 0.426 e. The Bertz CT molecular complexity index is 1060. The summed E-state index contributed by atoms with van der Waals surface area (Å²) in [6.45, 7) is 2.03. The fourth-order valence-corrected chi connectivity index (χ4v) is 3.09. The molecule has 182 valence electrons. The van der Waals surface area contributed by atoms with Gasteiger partial charge in [0.05, 0.1) is 16.7 Å². The largest absolute Gasteiger partial charge is 0.429 e. The zero-order chi connectivity index (χ0) is 25.0.